The second-order valence-electron chi connectivity index (χ2n) is 3.59. The Morgan fingerprint density at radius 3 is 2.67 bits per heavy atom. The van der Waals surface area contributed by atoms with E-state index in [1.165, 1.54) is 4.90 Å². The molecule has 1 fully saturated rings. The molecule has 0 unspecified atom stereocenters. The zero-order valence-electron chi connectivity index (χ0n) is 7.91. The highest BCUT2D eigenvalue weighted by atomic mass is 19.1. The highest BCUT2D eigenvalue weighted by Crippen LogP contribution is 2.16. The number of nitrogens with two attached hydrogens (primary N) is 1. The SMILES string of the molecule is NC1CN(C(=O)c2cc(F)ccc2F)C1. The van der Waals surface area contributed by atoms with Gasteiger partial charge in [-0.25, -0.2) is 8.78 Å². The second kappa shape index (κ2) is 3.58. The molecule has 1 amide bonds. The lowest BCUT2D eigenvalue weighted by Crippen LogP contribution is -2.57. The van der Waals surface area contributed by atoms with E-state index in [1.54, 1.807) is 0 Å². The van der Waals surface area contributed by atoms with Crippen LogP contribution in [0, 0.1) is 11.6 Å². The zero-order valence-corrected chi connectivity index (χ0v) is 7.91. The predicted octanol–water partition coefficient (Wildman–Crippen LogP) is 0.748. The Kier molecular flexibility index (Phi) is 2.40. The van der Waals surface area contributed by atoms with Gasteiger partial charge in [0.05, 0.1) is 5.56 Å². The highest BCUT2D eigenvalue weighted by molar-refractivity contribution is 5.95. The van der Waals surface area contributed by atoms with Gasteiger partial charge in [0.25, 0.3) is 5.91 Å². The molecule has 0 radical (unpaired) electrons. The third-order valence-corrected chi connectivity index (χ3v) is 2.36. The molecule has 1 saturated heterocycles. The van der Waals surface area contributed by atoms with Crippen LogP contribution >= 0.6 is 0 Å². The van der Waals surface area contributed by atoms with Crippen LogP contribution in [0.1, 0.15) is 10.4 Å². The Balaban J connectivity index is 2.22. The normalized spacial score (nSPS) is 16.3. The van der Waals surface area contributed by atoms with Crippen LogP contribution in [0.5, 0.6) is 0 Å². The van der Waals surface area contributed by atoms with Crippen LogP contribution in [-0.4, -0.2) is 29.9 Å². The number of amides is 1. The Hall–Kier alpha value is -1.49. The number of nitrogens with zero attached hydrogens (tertiary/aromatic N) is 1. The van der Waals surface area contributed by atoms with Gasteiger partial charge in [0, 0.05) is 19.1 Å². The molecule has 0 saturated carbocycles. The zero-order chi connectivity index (χ0) is 11.0. The largest absolute Gasteiger partial charge is 0.335 e. The topological polar surface area (TPSA) is 46.3 Å². The Morgan fingerprint density at radius 1 is 1.40 bits per heavy atom. The van der Waals surface area contributed by atoms with Gasteiger partial charge in [-0.1, -0.05) is 0 Å². The first-order valence-corrected chi connectivity index (χ1v) is 4.58. The molecule has 15 heavy (non-hydrogen) atoms. The van der Waals surface area contributed by atoms with Gasteiger partial charge in [0.15, 0.2) is 0 Å². The fourth-order valence-electron chi connectivity index (χ4n) is 1.51. The summed E-state index contributed by atoms with van der Waals surface area (Å²) in [4.78, 5) is 13.0. The molecular weight excluding hydrogens is 202 g/mol. The third-order valence-electron chi connectivity index (χ3n) is 2.36. The lowest BCUT2D eigenvalue weighted by molar-refractivity contribution is 0.0602. The smallest absolute Gasteiger partial charge is 0.257 e. The average Bonchev–Trinajstić information content (AvgIpc) is 2.16. The van der Waals surface area contributed by atoms with Crippen molar-refractivity contribution in [2.45, 2.75) is 6.04 Å². The van der Waals surface area contributed by atoms with E-state index in [4.69, 9.17) is 5.73 Å². The molecule has 0 bridgehead atoms. The lowest BCUT2D eigenvalue weighted by Gasteiger charge is -2.36. The highest BCUT2D eigenvalue weighted by Gasteiger charge is 2.29. The van der Waals surface area contributed by atoms with Crippen molar-refractivity contribution in [1.82, 2.24) is 4.90 Å². The van der Waals surface area contributed by atoms with Gasteiger partial charge >= 0.3 is 0 Å². The first kappa shape index (κ1) is 10.0. The number of carbonyl (C=O) groups excluding carboxylic acids is 1. The monoisotopic (exact) mass is 212 g/mol. The molecule has 0 atom stereocenters. The molecule has 80 valence electrons. The van der Waals surface area contributed by atoms with Crippen LogP contribution in [0.4, 0.5) is 8.78 Å². The van der Waals surface area contributed by atoms with Gasteiger partial charge < -0.3 is 10.6 Å². The molecule has 1 heterocycles. The molecule has 5 heteroatoms. The van der Waals surface area contributed by atoms with Crippen LogP contribution in [0.3, 0.4) is 0 Å². The summed E-state index contributed by atoms with van der Waals surface area (Å²) in [5.41, 5.74) is 5.26. The van der Waals surface area contributed by atoms with Crippen LogP contribution in [0.15, 0.2) is 18.2 Å². The molecule has 1 aromatic carbocycles. The van der Waals surface area contributed by atoms with Crippen LogP contribution in [-0.2, 0) is 0 Å². The summed E-state index contributed by atoms with van der Waals surface area (Å²) in [5.74, 6) is -1.83. The number of carbonyl (C=O) groups is 1. The molecule has 2 N–H and O–H groups in total. The fraction of sp³-hybridized carbons (Fsp3) is 0.300. The van der Waals surface area contributed by atoms with Gasteiger partial charge in [-0.2, -0.15) is 0 Å². The maximum Gasteiger partial charge on any atom is 0.257 e. The first-order valence-electron chi connectivity index (χ1n) is 4.58. The average molecular weight is 212 g/mol. The number of hydrogen-bond donors (Lipinski definition) is 1. The van der Waals surface area contributed by atoms with Crippen molar-refractivity contribution < 1.29 is 13.6 Å². The van der Waals surface area contributed by atoms with Gasteiger partial charge in [0.1, 0.15) is 11.6 Å². The number of hydrogen-bond acceptors (Lipinski definition) is 2. The molecule has 3 nitrogen and oxygen atoms in total. The maximum absolute atomic E-state index is 13.2. The Morgan fingerprint density at radius 2 is 2.07 bits per heavy atom. The van der Waals surface area contributed by atoms with Crippen molar-refractivity contribution in [1.29, 1.82) is 0 Å². The van der Waals surface area contributed by atoms with Gasteiger partial charge in [-0.05, 0) is 18.2 Å². The Labute approximate surface area is 85.5 Å². The summed E-state index contributed by atoms with van der Waals surface area (Å²) in [6, 6.07) is 2.78. The van der Waals surface area contributed by atoms with Crippen molar-refractivity contribution in [3.05, 3.63) is 35.4 Å². The summed E-state index contributed by atoms with van der Waals surface area (Å²) >= 11 is 0. The number of rotatable bonds is 1. The van der Waals surface area contributed by atoms with Gasteiger partial charge in [0.2, 0.25) is 0 Å². The maximum atomic E-state index is 13.2. The fourth-order valence-corrected chi connectivity index (χ4v) is 1.51. The molecule has 1 aliphatic rings. The van der Waals surface area contributed by atoms with E-state index < -0.39 is 17.5 Å². The van der Waals surface area contributed by atoms with E-state index in [0.29, 0.717) is 13.1 Å². The summed E-state index contributed by atoms with van der Waals surface area (Å²) in [6.07, 6.45) is 0. The molecule has 2 rings (SSSR count). The summed E-state index contributed by atoms with van der Waals surface area (Å²) < 4.78 is 26.0. The third kappa shape index (κ3) is 1.83. The minimum absolute atomic E-state index is 0.0504. The lowest BCUT2D eigenvalue weighted by atomic mass is 10.1. The summed E-state index contributed by atoms with van der Waals surface area (Å²) in [7, 11) is 0. The minimum Gasteiger partial charge on any atom is -0.335 e. The minimum atomic E-state index is -0.707. The molecule has 0 aliphatic carbocycles. The van der Waals surface area contributed by atoms with E-state index in [-0.39, 0.29) is 11.6 Å². The first-order chi connectivity index (χ1) is 7.08. The van der Waals surface area contributed by atoms with E-state index >= 15 is 0 Å². The van der Waals surface area contributed by atoms with Crippen molar-refractivity contribution in [2.75, 3.05) is 13.1 Å². The molecule has 1 aliphatic heterocycles. The van der Waals surface area contributed by atoms with Crippen LogP contribution < -0.4 is 5.73 Å². The number of likely N-dealkylation sites (tertiary alicyclic amines) is 1. The molecule has 0 aromatic heterocycles. The van der Waals surface area contributed by atoms with E-state index in [9.17, 15) is 13.6 Å². The number of benzene rings is 1. The standard InChI is InChI=1S/C10H10F2N2O/c11-6-1-2-9(12)8(3-6)10(15)14-4-7(13)5-14/h1-3,7H,4-5,13H2. The Bertz CT molecular complexity index is 402. The van der Waals surface area contributed by atoms with Gasteiger partial charge in [-0.15, -0.1) is 0 Å². The van der Waals surface area contributed by atoms with Gasteiger partial charge in [-0.3, -0.25) is 4.79 Å². The van der Waals surface area contributed by atoms with Crippen molar-refractivity contribution >= 4 is 5.91 Å². The second-order valence-corrected chi connectivity index (χ2v) is 3.59. The van der Waals surface area contributed by atoms with Crippen LogP contribution in [0.2, 0.25) is 0 Å². The molecule has 0 spiro atoms. The predicted molar refractivity (Wildman–Crippen MR) is 50.2 cm³/mol. The van der Waals surface area contributed by atoms with E-state index in [1.807, 2.05) is 0 Å². The van der Waals surface area contributed by atoms with Crippen LogP contribution in [0.25, 0.3) is 0 Å². The molecule has 1 aromatic rings. The van der Waals surface area contributed by atoms with Crippen molar-refractivity contribution in [2.24, 2.45) is 5.73 Å². The number of halogens is 2. The summed E-state index contributed by atoms with van der Waals surface area (Å²) in [6.45, 7) is 0.795. The molecular formula is C10H10F2N2O. The van der Waals surface area contributed by atoms with Crippen molar-refractivity contribution in [3.8, 4) is 0 Å². The summed E-state index contributed by atoms with van der Waals surface area (Å²) in [5, 5.41) is 0. The van der Waals surface area contributed by atoms with E-state index in [2.05, 4.69) is 0 Å². The van der Waals surface area contributed by atoms with Crippen molar-refractivity contribution in [3.63, 3.8) is 0 Å². The van der Waals surface area contributed by atoms with E-state index in [0.717, 1.165) is 18.2 Å². The quantitative estimate of drug-likeness (QED) is 0.746.